The second kappa shape index (κ2) is 4.73. The van der Waals surface area contributed by atoms with E-state index in [9.17, 15) is 4.39 Å². The normalized spacial score (nSPS) is 20.4. The molecule has 0 bridgehead atoms. The van der Waals surface area contributed by atoms with Gasteiger partial charge < -0.3 is 10.3 Å². The quantitative estimate of drug-likeness (QED) is 0.836. The first-order chi connectivity index (χ1) is 8.75. The van der Waals surface area contributed by atoms with Crippen molar-refractivity contribution in [3.63, 3.8) is 0 Å². The maximum Gasteiger partial charge on any atom is 0.147 e. The van der Waals surface area contributed by atoms with Gasteiger partial charge in [-0.2, -0.15) is 0 Å². The van der Waals surface area contributed by atoms with Crippen LogP contribution in [0.15, 0.2) is 18.2 Å². The topological polar surface area (TPSA) is 27.8 Å². The van der Waals surface area contributed by atoms with E-state index in [2.05, 4.69) is 10.3 Å². The SMILES string of the molecule is Cc1[nH]c2c(F)cccc2c1CC1CCCCN1. The molecule has 1 saturated heterocycles. The van der Waals surface area contributed by atoms with Crippen LogP contribution in [-0.2, 0) is 6.42 Å². The van der Waals surface area contributed by atoms with Gasteiger partial charge in [-0.3, -0.25) is 0 Å². The number of aromatic nitrogens is 1. The van der Waals surface area contributed by atoms with Crippen LogP contribution in [0.2, 0.25) is 0 Å². The number of nitrogens with one attached hydrogen (secondary N) is 2. The molecular formula is C15H19FN2. The Kier molecular flexibility index (Phi) is 3.08. The summed E-state index contributed by atoms with van der Waals surface area (Å²) in [6.07, 6.45) is 4.79. The Labute approximate surface area is 107 Å². The molecule has 1 unspecified atom stereocenters. The van der Waals surface area contributed by atoms with E-state index in [1.807, 2.05) is 13.0 Å². The van der Waals surface area contributed by atoms with E-state index in [-0.39, 0.29) is 5.82 Å². The van der Waals surface area contributed by atoms with Crippen molar-refractivity contribution in [1.82, 2.24) is 10.3 Å². The van der Waals surface area contributed by atoms with Crippen molar-refractivity contribution in [3.8, 4) is 0 Å². The highest BCUT2D eigenvalue weighted by Crippen LogP contribution is 2.26. The lowest BCUT2D eigenvalue weighted by atomic mass is 9.96. The molecule has 2 aromatic rings. The van der Waals surface area contributed by atoms with Gasteiger partial charge >= 0.3 is 0 Å². The molecule has 0 saturated carbocycles. The largest absolute Gasteiger partial charge is 0.356 e. The molecule has 0 spiro atoms. The fourth-order valence-electron chi connectivity index (χ4n) is 2.98. The molecular weight excluding hydrogens is 227 g/mol. The van der Waals surface area contributed by atoms with Crippen LogP contribution in [0.3, 0.4) is 0 Å². The third-order valence-corrected chi connectivity index (χ3v) is 3.97. The van der Waals surface area contributed by atoms with Crippen LogP contribution < -0.4 is 5.32 Å². The number of fused-ring (bicyclic) bond motifs is 1. The van der Waals surface area contributed by atoms with Crippen molar-refractivity contribution in [2.75, 3.05) is 6.54 Å². The van der Waals surface area contributed by atoms with Crippen LogP contribution in [0.4, 0.5) is 4.39 Å². The number of para-hydroxylation sites is 1. The van der Waals surface area contributed by atoms with Crippen molar-refractivity contribution >= 4 is 10.9 Å². The van der Waals surface area contributed by atoms with E-state index in [0.29, 0.717) is 11.6 Å². The zero-order valence-electron chi connectivity index (χ0n) is 10.7. The summed E-state index contributed by atoms with van der Waals surface area (Å²) in [5, 5.41) is 4.60. The molecule has 96 valence electrons. The molecule has 1 fully saturated rings. The van der Waals surface area contributed by atoms with E-state index in [4.69, 9.17) is 0 Å². The lowest BCUT2D eigenvalue weighted by Crippen LogP contribution is -2.35. The minimum atomic E-state index is -0.154. The number of halogens is 1. The number of hydrogen-bond acceptors (Lipinski definition) is 1. The highest BCUT2D eigenvalue weighted by atomic mass is 19.1. The molecule has 2 N–H and O–H groups in total. The van der Waals surface area contributed by atoms with Gasteiger partial charge in [-0.05, 0) is 44.4 Å². The fourth-order valence-corrected chi connectivity index (χ4v) is 2.98. The predicted octanol–water partition coefficient (Wildman–Crippen LogP) is 3.30. The molecule has 1 aliphatic rings. The van der Waals surface area contributed by atoms with Crippen LogP contribution in [0.25, 0.3) is 10.9 Å². The molecule has 2 nitrogen and oxygen atoms in total. The van der Waals surface area contributed by atoms with Crippen molar-refractivity contribution in [2.24, 2.45) is 0 Å². The average molecular weight is 246 g/mol. The van der Waals surface area contributed by atoms with Gasteiger partial charge in [0.1, 0.15) is 5.82 Å². The first-order valence-corrected chi connectivity index (χ1v) is 6.75. The molecule has 0 amide bonds. The second-order valence-corrected chi connectivity index (χ2v) is 5.24. The average Bonchev–Trinajstić information content (AvgIpc) is 2.70. The number of aromatic amines is 1. The Hall–Kier alpha value is -1.35. The van der Waals surface area contributed by atoms with Gasteiger partial charge in [0.25, 0.3) is 0 Å². The van der Waals surface area contributed by atoms with Gasteiger partial charge in [-0.15, -0.1) is 0 Å². The Morgan fingerprint density at radius 1 is 1.33 bits per heavy atom. The van der Waals surface area contributed by atoms with E-state index in [1.165, 1.54) is 30.9 Å². The summed E-state index contributed by atoms with van der Waals surface area (Å²) >= 11 is 0. The van der Waals surface area contributed by atoms with Crippen molar-refractivity contribution in [2.45, 2.75) is 38.6 Å². The highest BCUT2D eigenvalue weighted by molar-refractivity contribution is 5.85. The standard InChI is InChI=1S/C15H19FN2/c1-10-13(9-11-5-2-3-8-17-11)12-6-4-7-14(16)15(12)18-10/h4,6-7,11,17-18H,2-3,5,8-9H2,1H3. The summed E-state index contributed by atoms with van der Waals surface area (Å²) in [4.78, 5) is 3.18. The van der Waals surface area contributed by atoms with Crippen LogP contribution in [0, 0.1) is 12.7 Å². The van der Waals surface area contributed by atoms with Gasteiger partial charge in [0.2, 0.25) is 0 Å². The van der Waals surface area contributed by atoms with E-state index >= 15 is 0 Å². The molecule has 2 heterocycles. The molecule has 1 aromatic heterocycles. The first-order valence-electron chi connectivity index (χ1n) is 6.75. The number of aryl methyl sites for hydroxylation is 1. The molecule has 3 rings (SSSR count). The highest BCUT2D eigenvalue weighted by Gasteiger charge is 2.17. The summed E-state index contributed by atoms with van der Waals surface area (Å²) in [6.45, 7) is 3.15. The van der Waals surface area contributed by atoms with E-state index < -0.39 is 0 Å². The fraction of sp³-hybridized carbons (Fsp3) is 0.467. The number of H-pyrrole nitrogens is 1. The molecule has 3 heteroatoms. The Balaban J connectivity index is 1.95. The molecule has 1 aliphatic heterocycles. The second-order valence-electron chi connectivity index (χ2n) is 5.24. The molecule has 0 aliphatic carbocycles. The lowest BCUT2D eigenvalue weighted by molar-refractivity contribution is 0.399. The number of piperidine rings is 1. The van der Waals surface area contributed by atoms with Crippen molar-refractivity contribution in [1.29, 1.82) is 0 Å². The predicted molar refractivity (Wildman–Crippen MR) is 72.3 cm³/mol. The van der Waals surface area contributed by atoms with Gasteiger partial charge in [0.15, 0.2) is 0 Å². The van der Waals surface area contributed by atoms with Crippen molar-refractivity contribution in [3.05, 3.63) is 35.3 Å². The van der Waals surface area contributed by atoms with E-state index in [0.717, 1.165) is 24.0 Å². The zero-order valence-corrected chi connectivity index (χ0v) is 10.7. The lowest BCUT2D eigenvalue weighted by Gasteiger charge is -2.23. The Morgan fingerprint density at radius 2 is 2.22 bits per heavy atom. The summed E-state index contributed by atoms with van der Waals surface area (Å²) in [7, 11) is 0. The Bertz CT molecular complexity index is 553. The maximum absolute atomic E-state index is 13.7. The third-order valence-electron chi connectivity index (χ3n) is 3.97. The summed E-state index contributed by atoms with van der Waals surface area (Å²) in [5.41, 5.74) is 3.02. The van der Waals surface area contributed by atoms with Crippen molar-refractivity contribution < 1.29 is 4.39 Å². The summed E-state index contributed by atoms with van der Waals surface area (Å²) in [6, 6.07) is 5.86. The monoisotopic (exact) mass is 246 g/mol. The van der Waals surface area contributed by atoms with Crippen LogP contribution in [-0.4, -0.2) is 17.6 Å². The van der Waals surface area contributed by atoms with Gasteiger partial charge in [-0.25, -0.2) is 4.39 Å². The van der Waals surface area contributed by atoms with Crippen LogP contribution in [0.5, 0.6) is 0 Å². The smallest absolute Gasteiger partial charge is 0.147 e. The summed E-state index contributed by atoms with van der Waals surface area (Å²) in [5.74, 6) is -0.154. The zero-order chi connectivity index (χ0) is 12.5. The van der Waals surface area contributed by atoms with E-state index in [1.54, 1.807) is 6.07 Å². The van der Waals surface area contributed by atoms with Crippen LogP contribution >= 0.6 is 0 Å². The third kappa shape index (κ3) is 2.03. The molecule has 1 atom stereocenters. The minimum Gasteiger partial charge on any atom is -0.356 e. The number of hydrogen-bond donors (Lipinski definition) is 2. The number of rotatable bonds is 2. The summed E-state index contributed by atoms with van der Waals surface area (Å²) < 4.78 is 13.7. The molecule has 1 aromatic carbocycles. The van der Waals surface area contributed by atoms with Gasteiger partial charge in [-0.1, -0.05) is 18.6 Å². The minimum absolute atomic E-state index is 0.154. The van der Waals surface area contributed by atoms with Gasteiger partial charge in [0, 0.05) is 17.1 Å². The molecule has 0 radical (unpaired) electrons. The number of benzene rings is 1. The Morgan fingerprint density at radius 3 is 3.00 bits per heavy atom. The maximum atomic E-state index is 13.7. The van der Waals surface area contributed by atoms with Crippen LogP contribution in [0.1, 0.15) is 30.5 Å². The molecule has 18 heavy (non-hydrogen) atoms. The first kappa shape index (κ1) is 11.7. The van der Waals surface area contributed by atoms with Gasteiger partial charge in [0.05, 0.1) is 5.52 Å².